The molecule has 0 saturated carbocycles. The molecule has 0 bridgehead atoms. The maximum atomic E-state index is 6.08. The fourth-order valence-corrected chi connectivity index (χ4v) is 1.80. The molecule has 0 radical (unpaired) electrons. The van der Waals surface area contributed by atoms with Gasteiger partial charge in [-0.15, -0.1) is 0 Å². The molecule has 0 aliphatic heterocycles. The van der Waals surface area contributed by atoms with E-state index in [0.29, 0.717) is 17.4 Å². The maximum Gasteiger partial charge on any atom is 0.215 e. The number of aromatic nitrogens is 3. The fraction of sp³-hybridized carbons (Fsp3) is 0.500. The molecule has 2 rings (SSSR count). The van der Waals surface area contributed by atoms with E-state index in [0.717, 1.165) is 17.8 Å². The molecule has 92 valence electrons. The smallest absolute Gasteiger partial charge is 0.215 e. The van der Waals surface area contributed by atoms with Crippen LogP contribution in [0.15, 0.2) is 12.1 Å². The number of rotatable bonds is 4. The van der Waals surface area contributed by atoms with Crippen LogP contribution in [-0.2, 0) is 0 Å². The van der Waals surface area contributed by atoms with Crippen molar-refractivity contribution in [2.24, 2.45) is 11.7 Å². The lowest BCUT2D eigenvalue weighted by atomic mass is 10.0. The van der Waals surface area contributed by atoms with E-state index in [1.54, 1.807) is 13.2 Å². The number of methoxy groups -OCH3 is 1. The minimum Gasteiger partial charge on any atom is -0.481 e. The number of hydrogen-bond donors (Lipinski definition) is 2. The lowest BCUT2D eigenvalue weighted by molar-refractivity contribution is 0.399. The average molecular weight is 234 g/mol. The minimum atomic E-state index is -0.0739. The van der Waals surface area contributed by atoms with E-state index < -0.39 is 0 Å². The molecule has 0 amide bonds. The average Bonchev–Trinajstić information content (AvgIpc) is 2.70. The second kappa shape index (κ2) is 4.71. The van der Waals surface area contributed by atoms with Crippen LogP contribution in [0.1, 0.15) is 32.1 Å². The highest BCUT2D eigenvalue weighted by Crippen LogP contribution is 2.20. The van der Waals surface area contributed by atoms with Crippen molar-refractivity contribution < 1.29 is 4.74 Å². The van der Waals surface area contributed by atoms with Gasteiger partial charge in [-0.3, -0.25) is 0 Å². The third-order valence-electron chi connectivity index (χ3n) is 2.62. The molecular formula is C12H18N4O. The lowest BCUT2D eigenvalue weighted by Crippen LogP contribution is -2.14. The number of H-pyrrole nitrogens is 1. The van der Waals surface area contributed by atoms with Gasteiger partial charge in [0.1, 0.15) is 5.82 Å². The summed E-state index contributed by atoms with van der Waals surface area (Å²) in [6.07, 6.45) is 0.900. The zero-order valence-corrected chi connectivity index (χ0v) is 10.4. The monoisotopic (exact) mass is 234 g/mol. The van der Waals surface area contributed by atoms with Crippen molar-refractivity contribution in [3.63, 3.8) is 0 Å². The van der Waals surface area contributed by atoms with Crippen LogP contribution in [0, 0.1) is 5.92 Å². The molecule has 0 aliphatic carbocycles. The number of fused-ring (bicyclic) bond motifs is 1. The summed E-state index contributed by atoms with van der Waals surface area (Å²) < 4.78 is 5.06. The Bertz CT molecular complexity index is 506. The SMILES string of the molecule is COc1ccc2[nH]c(C(N)CC(C)C)nc2n1. The fourth-order valence-electron chi connectivity index (χ4n) is 1.80. The molecule has 2 aromatic rings. The van der Waals surface area contributed by atoms with Crippen molar-refractivity contribution in [1.29, 1.82) is 0 Å². The van der Waals surface area contributed by atoms with E-state index in [-0.39, 0.29) is 6.04 Å². The first-order chi connectivity index (χ1) is 8.10. The van der Waals surface area contributed by atoms with Crippen molar-refractivity contribution in [3.05, 3.63) is 18.0 Å². The summed E-state index contributed by atoms with van der Waals surface area (Å²) in [6, 6.07) is 3.63. The lowest BCUT2D eigenvalue weighted by Gasteiger charge is -2.10. The summed E-state index contributed by atoms with van der Waals surface area (Å²) in [4.78, 5) is 11.9. The van der Waals surface area contributed by atoms with E-state index in [9.17, 15) is 0 Å². The number of aromatic amines is 1. The first-order valence-corrected chi connectivity index (χ1v) is 5.76. The minimum absolute atomic E-state index is 0.0739. The highest BCUT2D eigenvalue weighted by Gasteiger charge is 2.13. The van der Waals surface area contributed by atoms with Crippen molar-refractivity contribution in [2.75, 3.05) is 7.11 Å². The second-order valence-corrected chi connectivity index (χ2v) is 4.58. The highest BCUT2D eigenvalue weighted by molar-refractivity contribution is 5.71. The van der Waals surface area contributed by atoms with Gasteiger partial charge >= 0.3 is 0 Å². The highest BCUT2D eigenvalue weighted by atomic mass is 16.5. The Morgan fingerprint density at radius 2 is 2.12 bits per heavy atom. The van der Waals surface area contributed by atoms with Gasteiger partial charge < -0.3 is 15.5 Å². The Balaban J connectivity index is 2.30. The number of ether oxygens (including phenoxy) is 1. The normalized spacial score (nSPS) is 13.2. The Morgan fingerprint density at radius 1 is 1.35 bits per heavy atom. The molecular weight excluding hydrogens is 216 g/mol. The number of nitrogens with two attached hydrogens (primary N) is 1. The van der Waals surface area contributed by atoms with Crippen LogP contribution in [0.4, 0.5) is 0 Å². The van der Waals surface area contributed by atoms with Gasteiger partial charge in [-0.25, -0.2) is 4.98 Å². The third-order valence-corrected chi connectivity index (χ3v) is 2.62. The number of nitrogens with zero attached hydrogens (tertiary/aromatic N) is 2. The molecule has 0 fully saturated rings. The number of nitrogens with one attached hydrogen (secondary N) is 1. The van der Waals surface area contributed by atoms with E-state index in [4.69, 9.17) is 10.5 Å². The van der Waals surface area contributed by atoms with Gasteiger partial charge in [0.2, 0.25) is 5.88 Å². The Hall–Kier alpha value is -1.62. The summed E-state index contributed by atoms with van der Waals surface area (Å²) in [5.41, 5.74) is 7.62. The predicted molar refractivity (Wildman–Crippen MR) is 66.8 cm³/mol. The number of imidazole rings is 1. The van der Waals surface area contributed by atoms with Gasteiger partial charge in [0.05, 0.1) is 18.7 Å². The standard InChI is InChI=1S/C12H18N4O/c1-7(2)6-8(13)11-14-9-4-5-10(17-3)15-12(9)16-11/h4-5,7-8H,6,13H2,1-3H3,(H,14,15,16). The van der Waals surface area contributed by atoms with E-state index in [1.165, 1.54) is 0 Å². The first-order valence-electron chi connectivity index (χ1n) is 5.76. The number of hydrogen-bond acceptors (Lipinski definition) is 4. The first kappa shape index (κ1) is 11.9. The Morgan fingerprint density at radius 3 is 2.76 bits per heavy atom. The van der Waals surface area contributed by atoms with Crippen LogP contribution in [0.5, 0.6) is 5.88 Å². The zero-order chi connectivity index (χ0) is 12.4. The summed E-state index contributed by atoms with van der Waals surface area (Å²) >= 11 is 0. The zero-order valence-electron chi connectivity index (χ0n) is 10.4. The largest absolute Gasteiger partial charge is 0.481 e. The molecule has 0 saturated heterocycles. The van der Waals surface area contributed by atoms with Gasteiger partial charge in [-0.1, -0.05) is 13.8 Å². The molecule has 3 N–H and O–H groups in total. The molecule has 1 atom stereocenters. The second-order valence-electron chi connectivity index (χ2n) is 4.58. The van der Waals surface area contributed by atoms with Gasteiger partial charge in [0, 0.05) is 6.07 Å². The Kier molecular flexibility index (Phi) is 3.28. The molecule has 5 nitrogen and oxygen atoms in total. The van der Waals surface area contributed by atoms with Crippen molar-refractivity contribution in [1.82, 2.24) is 15.0 Å². The molecule has 0 aromatic carbocycles. The molecule has 0 spiro atoms. The molecule has 1 unspecified atom stereocenters. The quantitative estimate of drug-likeness (QED) is 0.848. The van der Waals surface area contributed by atoms with Crippen LogP contribution in [0.2, 0.25) is 0 Å². The summed E-state index contributed by atoms with van der Waals surface area (Å²) in [6.45, 7) is 4.29. The maximum absolute atomic E-state index is 6.08. The van der Waals surface area contributed by atoms with E-state index >= 15 is 0 Å². The van der Waals surface area contributed by atoms with Crippen molar-refractivity contribution in [2.45, 2.75) is 26.3 Å². The topological polar surface area (TPSA) is 76.8 Å². The van der Waals surface area contributed by atoms with Crippen LogP contribution < -0.4 is 10.5 Å². The predicted octanol–water partition coefficient (Wildman–Crippen LogP) is 2.01. The molecule has 17 heavy (non-hydrogen) atoms. The van der Waals surface area contributed by atoms with Gasteiger partial charge in [0.15, 0.2) is 5.65 Å². The number of pyridine rings is 1. The van der Waals surface area contributed by atoms with E-state index in [1.807, 2.05) is 6.07 Å². The van der Waals surface area contributed by atoms with Crippen molar-refractivity contribution in [3.8, 4) is 5.88 Å². The molecule has 5 heteroatoms. The van der Waals surface area contributed by atoms with Gasteiger partial charge in [0.25, 0.3) is 0 Å². The van der Waals surface area contributed by atoms with Crippen LogP contribution in [0.3, 0.4) is 0 Å². The molecule has 2 heterocycles. The van der Waals surface area contributed by atoms with Crippen LogP contribution in [0.25, 0.3) is 11.2 Å². The third kappa shape index (κ3) is 2.55. The summed E-state index contributed by atoms with van der Waals surface area (Å²) in [5, 5.41) is 0. The van der Waals surface area contributed by atoms with Gasteiger partial charge in [-0.05, 0) is 18.4 Å². The van der Waals surface area contributed by atoms with Crippen molar-refractivity contribution >= 4 is 11.2 Å². The summed E-state index contributed by atoms with van der Waals surface area (Å²) in [5.74, 6) is 1.89. The van der Waals surface area contributed by atoms with E-state index in [2.05, 4.69) is 28.8 Å². The molecule has 2 aromatic heterocycles. The van der Waals surface area contributed by atoms with Crippen LogP contribution >= 0.6 is 0 Å². The van der Waals surface area contributed by atoms with Crippen LogP contribution in [-0.4, -0.2) is 22.1 Å². The molecule has 0 aliphatic rings. The Labute approximate surface area is 100 Å². The van der Waals surface area contributed by atoms with Gasteiger partial charge in [-0.2, -0.15) is 4.98 Å². The summed E-state index contributed by atoms with van der Waals surface area (Å²) in [7, 11) is 1.59.